The van der Waals surface area contributed by atoms with Crippen molar-refractivity contribution in [1.29, 1.82) is 0 Å². The van der Waals surface area contributed by atoms with E-state index in [0.717, 1.165) is 13.0 Å². The van der Waals surface area contributed by atoms with E-state index < -0.39 is 0 Å². The fraction of sp³-hybridized carbons (Fsp3) is 0.435. The fourth-order valence-corrected chi connectivity index (χ4v) is 3.96. The lowest BCUT2D eigenvalue weighted by Crippen LogP contribution is -2.27. The summed E-state index contributed by atoms with van der Waals surface area (Å²) in [6.07, 6.45) is 3.52. The quantitative estimate of drug-likeness (QED) is 0.669. The lowest BCUT2D eigenvalue weighted by Gasteiger charge is -2.26. The van der Waals surface area contributed by atoms with E-state index >= 15 is 0 Å². The number of hydrogen-bond acceptors (Lipinski definition) is 2. The van der Waals surface area contributed by atoms with Gasteiger partial charge in [-0.1, -0.05) is 63.7 Å². The number of hydrogen-bond donors (Lipinski definition) is 1. The Morgan fingerprint density at radius 3 is 2.38 bits per heavy atom. The van der Waals surface area contributed by atoms with Crippen LogP contribution in [0.4, 0.5) is 0 Å². The lowest BCUT2D eigenvalue weighted by atomic mass is 9.83. The van der Waals surface area contributed by atoms with Gasteiger partial charge in [-0.05, 0) is 54.7 Å². The minimum Gasteiger partial charge on any atom is -0.356 e. The summed E-state index contributed by atoms with van der Waals surface area (Å²) in [5, 5.41) is 2.97. The van der Waals surface area contributed by atoms with E-state index in [9.17, 15) is 4.79 Å². The first-order valence-corrected chi connectivity index (χ1v) is 10.6. The average molecular weight is 372 g/mol. The van der Waals surface area contributed by atoms with Gasteiger partial charge in [0.1, 0.15) is 0 Å². The van der Waals surface area contributed by atoms with Crippen LogP contribution in [0.15, 0.2) is 58.3 Å². The number of carbonyl (C=O) groups excluding carboxylic acids is 1. The largest absolute Gasteiger partial charge is 0.356 e. The first kappa shape index (κ1) is 22.3. The minimum atomic E-state index is 0.0587. The summed E-state index contributed by atoms with van der Waals surface area (Å²) in [5.74, 6) is 0.520. The van der Waals surface area contributed by atoms with Gasteiger partial charge in [-0.3, -0.25) is 4.79 Å². The normalized spacial score (nSPS) is 14.7. The third kappa shape index (κ3) is 6.87. The summed E-state index contributed by atoms with van der Waals surface area (Å²) in [6, 6.07) is 17.3. The Morgan fingerprint density at radius 2 is 1.73 bits per heavy atom. The highest BCUT2D eigenvalue weighted by molar-refractivity contribution is 7.99. The van der Waals surface area contributed by atoms with Gasteiger partial charge in [-0.15, -0.1) is 0 Å². The molecule has 2 aromatic carbocycles. The predicted molar refractivity (Wildman–Crippen MR) is 114 cm³/mol. The first-order chi connectivity index (χ1) is 12.7. The molecule has 0 radical (unpaired) electrons. The van der Waals surface area contributed by atoms with E-state index in [2.05, 4.69) is 47.8 Å². The highest BCUT2D eigenvalue weighted by atomic mass is 32.2. The van der Waals surface area contributed by atoms with Gasteiger partial charge < -0.3 is 5.32 Å². The molecule has 1 amide bonds. The SMILES string of the molecule is CC.CC.CC(=O)NC[C@@H]1CCCc2cc(Sc3ccccc3)ccc21. The third-order valence-corrected chi connectivity index (χ3v) is 5.13. The maximum absolute atomic E-state index is 11.1. The molecule has 0 saturated carbocycles. The molecule has 0 aliphatic heterocycles. The number of carbonyl (C=O) groups is 1. The van der Waals surface area contributed by atoms with Gasteiger partial charge in [-0.25, -0.2) is 0 Å². The number of benzene rings is 2. The minimum absolute atomic E-state index is 0.0587. The number of fused-ring (bicyclic) bond motifs is 1. The Kier molecular flexibility index (Phi) is 10.8. The molecule has 0 bridgehead atoms. The van der Waals surface area contributed by atoms with Gasteiger partial charge in [0.05, 0.1) is 0 Å². The van der Waals surface area contributed by atoms with Crippen molar-refractivity contribution >= 4 is 17.7 Å². The van der Waals surface area contributed by atoms with Crippen LogP contribution in [0, 0.1) is 0 Å². The first-order valence-electron chi connectivity index (χ1n) is 9.82. The molecule has 0 unspecified atom stereocenters. The highest BCUT2D eigenvalue weighted by Gasteiger charge is 2.20. The van der Waals surface area contributed by atoms with E-state index in [-0.39, 0.29) is 5.91 Å². The van der Waals surface area contributed by atoms with E-state index in [1.807, 2.05) is 45.5 Å². The molecule has 3 rings (SSSR count). The molecule has 0 aromatic heterocycles. The summed E-state index contributed by atoms with van der Waals surface area (Å²) in [6.45, 7) is 10.3. The van der Waals surface area contributed by atoms with Crippen molar-refractivity contribution in [2.45, 2.75) is 69.6 Å². The van der Waals surface area contributed by atoms with Crippen LogP contribution in [-0.4, -0.2) is 12.5 Å². The van der Waals surface area contributed by atoms with Crippen LogP contribution in [0.25, 0.3) is 0 Å². The van der Waals surface area contributed by atoms with Gasteiger partial charge in [0.15, 0.2) is 0 Å². The van der Waals surface area contributed by atoms with Crippen LogP contribution in [0.3, 0.4) is 0 Å². The maximum Gasteiger partial charge on any atom is 0.216 e. The number of rotatable bonds is 4. The van der Waals surface area contributed by atoms with Crippen LogP contribution in [0.2, 0.25) is 0 Å². The zero-order valence-electron chi connectivity index (χ0n) is 16.8. The van der Waals surface area contributed by atoms with Crippen molar-refractivity contribution in [3.63, 3.8) is 0 Å². The summed E-state index contributed by atoms with van der Waals surface area (Å²) < 4.78 is 0. The maximum atomic E-state index is 11.1. The topological polar surface area (TPSA) is 29.1 Å². The Morgan fingerprint density at radius 1 is 1.04 bits per heavy atom. The molecule has 26 heavy (non-hydrogen) atoms. The molecule has 2 nitrogen and oxygen atoms in total. The Labute approximate surface area is 163 Å². The molecule has 0 saturated heterocycles. The molecule has 0 spiro atoms. The van der Waals surface area contributed by atoms with E-state index in [4.69, 9.17) is 0 Å². The van der Waals surface area contributed by atoms with Gasteiger partial charge in [0.25, 0.3) is 0 Å². The summed E-state index contributed by atoms with van der Waals surface area (Å²) >= 11 is 1.81. The number of nitrogens with one attached hydrogen (secondary N) is 1. The van der Waals surface area contributed by atoms with Crippen LogP contribution in [0.5, 0.6) is 0 Å². The van der Waals surface area contributed by atoms with E-state index in [1.165, 1.54) is 33.8 Å². The molecule has 3 heteroatoms. The Bertz CT molecular complexity index is 655. The van der Waals surface area contributed by atoms with Crippen LogP contribution >= 0.6 is 11.8 Å². The zero-order valence-corrected chi connectivity index (χ0v) is 17.7. The molecule has 0 heterocycles. The summed E-state index contributed by atoms with van der Waals surface area (Å²) in [4.78, 5) is 13.7. The lowest BCUT2D eigenvalue weighted by molar-refractivity contribution is -0.119. The van der Waals surface area contributed by atoms with Gasteiger partial charge in [-0.2, -0.15) is 0 Å². The summed E-state index contributed by atoms with van der Waals surface area (Å²) in [5.41, 5.74) is 2.86. The summed E-state index contributed by atoms with van der Waals surface area (Å²) in [7, 11) is 0. The third-order valence-electron chi connectivity index (χ3n) is 4.13. The molecule has 0 fully saturated rings. The highest BCUT2D eigenvalue weighted by Crippen LogP contribution is 2.35. The van der Waals surface area contributed by atoms with Crippen molar-refractivity contribution in [3.8, 4) is 0 Å². The molecule has 1 aliphatic carbocycles. The molecule has 1 atom stereocenters. The monoisotopic (exact) mass is 371 g/mol. The Hall–Kier alpha value is -1.74. The number of aryl methyl sites for hydroxylation is 1. The second-order valence-corrected chi connectivity index (χ2v) is 6.95. The molecular weight excluding hydrogens is 338 g/mol. The van der Waals surface area contributed by atoms with Gasteiger partial charge in [0.2, 0.25) is 5.91 Å². The van der Waals surface area contributed by atoms with Crippen molar-refractivity contribution in [3.05, 3.63) is 59.7 Å². The van der Waals surface area contributed by atoms with Crippen LogP contribution in [-0.2, 0) is 11.2 Å². The average Bonchev–Trinajstić information content (AvgIpc) is 2.70. The van der Waals surface area contributed by atoms with E-state index in [1.54, 1.807) is 6.92 Å². The molecular formula is C23H33NOS. The van der Waals surface area contributed by atoms with E-state index in [0.29, 0.717) is 5.92 Å². The second kappa shape index (κ2) is 12.6. The van der Waals surface area contributed by atoms with Crippen molar-refractivity contribution in [1.82, 2.24) is 5.32 Å². The van der Waals surface area contributed by atoms with Crippen LogP contribution < -0.4 is 5.32 Å². The van der Waals surface area contributed by atoms with Gasteiger partial charge >= 0.3 is 0 Å². The fourth-order valence-electron chi connectivity index (χ4n) is 3.06. The number of amides is 1. The van der Waals surface area contributed by atoms with Crippen LogP contribution in [0.1, 0.15) is 64.5 Å². The predicted octanol–water partition coefficient (Wildman–Crippen LogP) is 6.45. The van der Waals surface area contributed by atoms with Crippen molar-refractivity contribution in [2.24, 2.45) is 0 Å². The zero-order chi connectivity index (χ0) is 19.4. The molecule has 1 aliphatic rings. The molecule has 142 valence electrons. The van der Waals surface area contributed by atoms with Crippen molar-refractivity contribution in [2.75, 3.05) is 6.54 Å². The Balaban J connectivity index is 0.000000791. The standard InChI is InChI=1S/C19H21NOS.2C2H6/c1-14(21)20-13-16-7-5-6-15-12-18(10-11-19(15)16)22-17-8-3-2-4-9-17;2*1-2/h2-4,8-12,16H,5-7,13H2,1H3,(H,20,21);2*1-2H3/t16-;;/m0../s1. The van der Waals surface area contributed by atoms with Crippen molar-refractivity contribution < 1.29 is 4.79 Å². The molecule has 1 N–H and O–H groups in total. The van der Waals surface area contributed by atoms with Gasteiger partial charge in [0, 0.05) is 29.2 Å². The second-order valence-electron chi connectivity index (χ2n) is 5.80. The smallest absolute Gasteiger partial charge is 0.216 e. The molecule has 2 aromatic rings.